The number of benzene rings is 1. The Morgan fingerprint density at radius 2 is 1.75 bits per heavy atom. The Morgan fingerprint density at radius 1 is 1.03 bits per heavy atom. The average Bonchev–Trinajstić information content (AvgIpc) is 3.90. The van der Waals surface area contributed by atoms with Crippen LogP contribution in [0.2, 0.25) is 0 Å². The van der Waals surface area contributed by atoms with Crippen molar-refractivity contribution >= 4 is 50.3 Å². The number of carbonyl (C=O) groups excluding carboxylic acids is 2. The van der Waals surface area contributed by atoms with E-state index in [-0.39, 0.29) is 47.6 Å². The molecule has 0 saturated carbocycles. The minimum Gasteiger partial charge on any atom is -0.455 e. The van der Waals surface area contributed by atoms with Crippen LogP contribution in [0.25, 0.3) is 11.2 Å². The number of rotatable bonds is 18. The standard InChI is InChI=1S/C34H40F3N9O15P2/c1-2-3-4-24(47)43-19(11-17-5-7-18(8-6-17)34(35,36)37)32(49)60-28-22(59-31(27(28)48)46-16-42-26-29(39)40-15-41-30(26)46)14-57-63(54,55)61-20-12-25(45-10-9-23(38)44-33(45)50)58-21(20)13-56-62(51,52)53/h2,5-10,15-16,19-22,25,27-28,31,48H,1,3-4,11-14H2,(H,43,47)(H,54,55)(H2,38,44,50)(H2,39,40,41)(H2,51,52,53)/t19-,20+,21-,22?,25-,27?,28?,31?/m1/s1. The monoisotopic (exact) mass is 933 g/mol. The number of anilines is 2. The molecule has 3 aromatic heterocycles. The fourth-order valence-electron chi connectivity index (χ4n) is 6.58. The predicted octanol–water partition coefficient (Wildman–Crippen LogP) is 1.03. The molecule has 9 N–H and O–H groups in total. The number of aliphatic hydroxyl groups excluding tert-OH is 1. The summed E-state index contributed by atoms with van der Waals surface area (Å²) in [5.74, 6) is -2.06. The number of hydrogen-bond acceptors (Lipinski definition) is 18. The molecule has 0 bridgehead atoms. The summed E-state index contributed by atoms with van der Waals surface area (Å²) in [6.45, 7) is 1.66. The van der Waals surface area contributed by atoms with Crippen LogP contribution in [-0.2, 0) is 59.1 Å². The maximum atomic E-state index is 13.9. The summed E-state index contributed by atoms with van der Waals surface area (Å²) in [6, 6.07) is 3.44. The number of nitrogens with two attached hydrogens (primary N) is 2. The van der Waals surface area contributed by atoms with Gasteiger partial charge in [0.15, 0.2) is 23.8 Å². The molecule has 1 aromatic carbocycles. The van der Waals surface area contributed by atoms with Gasteiger partial charge in [-0.05, 0) is 30.2 Å². The lowest BCUT2D eigenvalue weighted by Gasteiger charge is -2.25. The molecule has 5 unspecified atom stereocenters. The number of phosphoric acid groups is 2. The van der Waals surface area contributed by atoms with Crippen molar-refractivity contribution < 1.29 is 79.5 Å². The number of alkyl halides is 3. The van der Waals surface area contributed by atoms with E-state index in [2.05, 4.69) is 36.4 Å². The van der Waals surface area contributed by atoms with Crippen LogP contribution in [0.4, 0.5) is 24.8 Å². The summed E-state index contributed by atoms with van der Waals surface area (Å²) in [6.07, 6.45) is -11.6. The zero-order valence-corrected chi connectivity index (χ0v) is 34.2. The Bertz CT molecular complexity index is 2460. The average molecular weight is 934 g/mol. The van der Waals surface area contributed by atoms with Crippen LogP contribution in [0.1, 0.15) is 42.8 Å². The zero-order chi connectivity index (χ0) is 45.9. The number of fused-ring (bicyclic) bond motifs is 1. The van der Waals surface area contributed by atoms with E-state index in [0.29, 0.717) is 0 Å². The highest BCUT2D eigenvalue weighted by atomic mass is 31.2. The van der Waals surface area contributed by atoms with Gasteiger partial charge in [0.05, 0.1) is 25.1 Å². The van der Waals surface area contributed by atoms with Gasteiger partial charge in [0.1, 0.15) is 54.3 Å². The maximum absolute atomic E-state index is 13.9. The number of halogens is 3. The SMILES string of the molecule is C=CCCC(=O)N[C@H](Cc1ccc(C(F)(F)F)cc1)C(=O)OC1C(COP(=O)(O)O[C@H]2C[C@H](n3ccc(N)nc3=O)O[C@@H]2COP(=O)(O)O)OC(n2cnc3c(N)ncnc32)C1O. The van der Waals surface area contributed by atoms with Crippen molar-refractivity contribution in [3.05, 3.63) is 83.4 Å². The number of amides is 1. The van der Waals surface area contributed by atoms with Crippen molar-refractivity contribution in [1.82, 2.24) is 34.4 Å². The fraction of sp³-hybridized carbons (Fsp3) is 0.441. The molecule has 29 heteroatoms. The number of aliphatic hydroxyl groups is 1. The molecule has 0 radical (unpaired) electrons. The smallest absolute Gasteiger partial charge is 0.455 e. The summed E-state index contributed by atoms with van der Waals surface area (Å²) in [4.78, 5) is 84.5. The number of esters is 1. The number of phosphoric ester groups is 2. The first-order chi connectivity index (χ1) is 29.6. The second-order valence-corrected chi connectivity index (χ2v) is 16.6. The first kappa shape index (κ1) is 47.3. The van der Waals surface area contributed by atoms with Crippen LogP contribution in [0.5, 0.6) is 0 Å². The van der Waals surface area contributed by atoms with E-state index in [1.807, 2.05) is 0 Å². The summed E-state index contributed by atoms with van der Waals surface area (Å²) >= 11 is 0. The van der Waals surface area contributed by atoms with E-state index in [4.69, 9.17) is 34.7 Å². The van der Waals surface area contributed by atoms with Crippen LogP contribution in [0, 0.1) is 0 Å². The van der Waals surface area contributed by atoms with Gasteiger partial charge in [-0.2, -0.15) is 18.2 Å². The van der Waals surface area contributed by atoms with Gasteiger partial charge >= 0.3 is 33.5 Å². The van der Waals surface area contributed by atoms with Crippen molar-refractivity contribution in [2.45, 2.75) is 80.9 Å². The molecule has 5 heterocycles. The molecule has 2 saturated heterocycles. The number of nitrogens with zero attached hydrogens (tertiary/aromatic N) is 6. The van der Waals surface area contributed by atoms with Crippen molar-refractivity contribution in [2.24, 2.45) is 0 Å². The Balaban J connectivity index is 1.25. The lowest BCUT2D eigenvalue weighted by atomic mass is 10.0. The summed E-state index contributed by atoms with van der Waals surface area (Å²) in [5, 5.41) is 14.1. The molecule has 342 valence electrons. The molecule has 2 aliphatic heterocycles. The first-order valence-electron chi connectivity index (χ1n) is 18.5. The Hall–Kier alpha value is -5.18. The highest BCUT2D eigenvalue weighted by Crippen LogP contribution is 2.50. The molecule has 63 heavy (non-hydrogen) atoms. The molecule has 1 amide bonds. The molecule has 0 aliphatic carbocycles. The minimum absolute atomic E-state index is 0.0405. The number of hydrogen-bond donors (Lipinski definition) is 7. The summed E-state index contributed by atoms with van der Waals surface area (Å²) in [5.41, 5.74) is 9.90. The highest BCUT2D eigenvalue weighted by Gasteiger charge is 2.50. The Kier molecular flexibility index (Phi) is 14.5. The van der Waals surface area contributed by atoms with E-state index in [1.54, 1.807) is 0 Å². The lowest BCUT2D eigenvalue weighted by molar-refractivity contribution is -0.160. The number of allylic oxidation sites excluding steroid dienone is 1. The van der Waals surface area contributed by atoms with E-state index in [0.717, 1.165) is 41.5 Å². The van der Waals surface area contributed by atoms with Gasteiger partial charge in [0, 0.05) is 25.5 Å². The number of nitrogens with one attached hydrogen (secondary N) is 1. The van der Waals surface area contributed by atoms with Crippen molar-refractivity contribution in [3.8, 4) is 0 Å². The molecule has 2 fully saturated rings. The van der Waals surface area contributed by atoms with E-state index in [1.165, 1.54) is 22.9 Å². The van der Waals surface area contributed by atoms with Crippen LogP contribution < -0.4 is 22.5 Å². The summed E-state index contributed by atoms with van der Waals surface area (Å²) in [7, 11) is -10.4. The molecular formula is C34H40F3N9O15P2. The molecule has 24 nitrogen and oxygen atoms in total. The molecule has 4 aromatic rings. The third-order valence-electron chi connectivity index (χ3n) is 9.56. The molecule has 6 rings (SSSR count). The van der Waals surface area contributed by atoms with E-state index < -0.39 is 114 Å². The molecular weight excluding hydrogens is 893 g/mol. The Morgan fingerprint density at radius 3 is 2.41 bits per heavy atom. The van der Waals surface area contributed by atoms with Gasteiger partial charge in [0.2, 0.25) is 5.91 Å². The Labute approximate surface area is 352 Å². The zero-order valence-electron chi connectivity index (χ0n) is 32.4. The number of aromatic nitrogens is 6. The van der Waals surface area contributed by atoms with Gasteiger partial charge < -0.3 is 50.8 Å². The van der Waals surface area contributed by atoms with E-state index in [9.17, 15) is 56.5 Å². The maximum Gasteiger partial charge on any atom is 0.472 e. The lowest BCUT2D eigenvalue weighted by Crippen LogP contribution is -2.47. The van der Waals surface area contributed by atoms with Crippen LogP contribution in [0.3, 0.4) is 0 Å². The third kappa shape index (κ3) is 11.9. The van der Waals surface area contributed by atoms with Crippen molar-refractivity contribution in [3.63, 3.8) is 0 Å². The topological polar surface area (TPSA) is 347 Å². The van der Waals surface area contributed by atoms with Crippen LogP contribution >= 0.6 is 15.6 Å². The first-order valence-corrected chi connectivity index (χ1v) is 21.5. The number of nitrogen functional groups attached to an aromatic ring is 2. The minimum atomic E-state index is -5.31. The second-order valence-electron chi connectivity index (χ2n) is 14.0. The van der Waals surface area contributed by atoms with Crippen LogP contribution in [-0.4, -0.2) is 111 Å². The largest absolute Gasteiger partial charge is 0.472 e. The van der Waals surface area contributed by atoms with Crippen LogP contribution in [0.15, 0.2) is 66.6 Å². The number of carbonyl (C=O) groups is 2. The number of ether oxygens (including phenoxy) is 3. The van der Waals surface area contributed by atoms with Gasteiger partial charge in [-0.15, -0.1) is 6.58 Å². The van der Waals surface area contributed by atoms with Gasteiger partial charge in [-0.1, -0.05) is 18.2 Å². The highest BCUT2D eigenvalue weighted by molar-refractivity contribution is 7.47. The van der Waals surface area contributed by atoms with E-state index >= 15 is 0 Å². The third-order valence-corrected chi connectivity index (χ3v) is 11.1. The van der Waals surface area contributed by atoms with Gasteiger partial charge in [-0.25, -0.2) is 33.7 Å². The van der Waals surface area contributed by atoms with Crippen molar-refractivity contribution in [2.75, 3.05) is 24.7 Å². The molecule has 0 spiro atoms. The van der Waals surface area contributed by atoms with Gasteiger partial charge in [0.25, 0.3) is 0 Å². The second kappa shape index (κ2) is 19.3. The fourth-order valence-corrected chi connectivity index (χ4v) is 7.88. The van der Waals surface area contributed by atoms with Gasteiger partial charge in [-0.3, -0.25) is 27.5 Å². The predicted molar refractivity (Wildman–Crippen MR) is 206 cm³/mol. The quantitative estimate of drug-likeness (QED) is 0.0416. The number of imidazole rings is 1. The van der Waals surface area contributed by atoms with Crippen molar-refractivity contribution in [1.29, 1.82) is 0 Å². The molecule has 2 aliphatic rings. The normalized spacial score (nSPS) is 24.2. The molecule has 9 atom stereocenters. The summed E-state index contributed by atoms with van der Waals surface area (Å²) < 4.78 is 99.5.